The van der Waals surface area contributed by atoms with Crippen LogP contribution < -0.4 is 5.73 Å². The quantitative estimate of drug-likeness (QED) is 0.675. The highest BCUT2D eigenvalue weighted by Crippen LogP contribution is 2.23. The lowest BCUT2D eigenvalue weighted by atomic mass is 10.1. The van der Waals surface area contributed by atoms with E-state index in [1.54, 1.807) is 13.0 Å². The number of nitro benzene ring substituents is 1. The van der Waals surface area contributed by atoms with E-state index in [0.29, 0.717) is 18.7 Å². The van der Waals surface area contributed by atoms with Crippen molar-refractivity contribution in [1.29, 1.82) is 0 Å². The third-order valence-electron chi connectivity index (χ3n) is 3.86. The molecular weight excluding hydrogens is 268 g/mol. The van der Waals surface area contributed by atoms with E-state index in [0.717, 1.165) is 23.4 Å². The van der Waals surface area contributed by atoms with Gasteiger partial charge in [0.1, 0.15) is 0 Å². The van der Waals surface area contributed by atoms with Crippen LogP contribution in [0.3, 0.4) is 0 Å². The zero-order valence-corrected chi connectivity index (χ0v) is 12.6. The van der Waals surface area contributed by atoms with E-state index in [4.69, 9.17) is 5.73 Å². The van der Waals surface area contributed by atoms with Gasteiger partial charge in [0.25, 0.3) is 5.69 Å². The number of hydrogen-bond acceptors (Lipinski definition) is 4. The average molecular weight is 288 g/mol. The molecule has 0 fully saturated rings. The fourth-order valence-corrected chi connectivity index (χ4v) is 2.59. The second-order valence-electron chi connectivity index (χ2n) is 5.16. The summed E-state index contributed by atoms with van der Waals surface area (Å²) < 4.78 is 1.90. The Labute approximate surface area is 123 Å². The SMILES string of the molecule is Cc1nn(Cc2cccc([N+](=O)[O-])c2C)c(C)c1CCN. The van der Waals surface area contributed by atoms with E-state index >= 15 is 0 Å². The van der Waals surface area contributed by atoms with Crippen molar-refractivity contribution in [2.75, 3.05) is 6.54 Å². The number of nitrogens with two attached hydrogens (primary N) is 1. The maximum absolute atomic E-state index is 11.0. The summed E-state index contributed by atoms with van der Waals surface area (Å²) in [7, 11) is 0. The molecule has 0 radical (unpaired) electrons. The molecule has 2 aromatic rings. The molecule has 0 spiro atoms. The molecule has 6 nitrogen and oxygen atoms in total. The molecule has 112 valence electrons. The van der Waals surface area contributed by atoms with Crippen molar-refractivity contribution in [2.45, 2.75) is 33.7 Å². The van der Waals surface area contributed by atoms with Gasteiger partial charge in [0.05, 0.1) is 17.2 Å². The van der Waals surface area contributed by atoms with E-state index in [1.807, 2.05) is 24.6 Å². The Morgan fingerprint density at radius 1 is 1.33 bits per heavy atom. The third kappa shape index (κ3) is 2.95. The van der Waals surface area contributed by atoms with Crippen LogP contribution in [0.5, 0.6) is 0 Å². The molecule has 0 atom stereocenters. The number of benzene rings is 1. The lowest BCUT2D eigenvalue weighted by Gasteiger charge is -2.09. The Morgan fingerprint density at radius 2 is 2.05 bits per heavy atom. The van der Waals surface area contributed by atoms with Crippen molar-refractivity contribution in [3.05, 3.63) is 56.4 Å². The Kier molecular flexibility index (Phi) is 4.37. The van der Waals surface area contributed by atoms with Gasteiger partial charge >= 0.3 is 0 Å². The van der Waals surface area contributed by atoms with Crippen LogP contribution >= 0.6 is 0 Å². The molecule has 21 heavy (non-hydrogen) atoms. The summed E-state index contributed by atoms with van der Waals surface area (Å²) >= 11 is 0. The second kappa shape index (κ2) is 6.05. The summed E-state index contributed by atoms with van der Waals surface area (Å²) in [5.74, 6) is 0. The van der Waals surface area contributed by atoms with Gasteiger partial charge in [0, 0.05) is 17.3 Å². The number of aryl methyl sites for hydroxylation is 1. The van der Waals surface area contributed by atoms with Gasteiger partial charge in [-0.25, -0.2) is 0 Å². The lowest BCUT2D eigenvalue weighted by molar-refractivity contribution is -0.385. The standard InChI is InChI=1S/C15H20N4O2/c1-10-13(5-4-6-15(10)19(20)21)9-18-12(3)14(7-8-16)11(2)17-18/h4-6H,7-9,16H2,1-3H3. The molecule has 2 N–H and O–H groups in total. The number of aromatic nitrogens is 2. The first-order valence-electron chi connectivity index (χ1n) is 6.91. The molecule has 1 heterocycles. The van der Waals surface area contributed by atoms with Crippen molar-refractivity contribution in [3.8, 4) is 0 Å². The maximum atomic E-state index is 11.0. The van der Waals surface area contributed by atoms with E-state index in [1.165, 1.54) is 11.6 Å². The third-order valence-corrected chi connectivity index (χ3v) is 3.86. The normalized spacial score (nSPS) is 10.9. The van der Waals surface area contributed by atoms with Crippen LogP contribution in [-0.4, -0.2) is 21.2 Å². The second-order valence-corrected chi connectivity index (χ2v) is 5.16. The van der Waals surface area contributed by atoms with Gasteiger partial charge in [-0.05, 0) is 44.9 Å². The topological polar surface area (TPSA) is 87.0 Å². The van der Waals surface area contributed by atoms with E-state index < -0.39 is 0 Å². The van der Waals surface area contributed by atoms with Gasteiger partial charge in [-0.3, -0.25) is 14.8 Å². The molecule has 1 aromatic carbocycles. The number of hydrogen-bond donors (Lipinski definition) is 1. The van der Waals surface area contributed by atoms with Gasteiger partial charge in [-0.1, -0.05) is 12.1 Å². The molecule has 0 aliphatic heterocycles. The van der Waals surface area contributed by atoms with E-state index in [-0.39, 0.29) is 10.6 Å². The van der Waals surface area contributed by atoms with E-state index in [2.05, 4.69) is 5.10 Å². The Bertz CT molecular complexity index is 677. The maximum Gasteiger partial charge on any atom is 0.272 e. The predicted molar refractivity (Wildman–Crippen MR) is 81.4 cm³/mol. The van der Waals surface area contributed by atoms with Gasteiger partial charge in [0.15, 0.2) is 0 Å². The molecule has 2 rings (SSSR count). The summed E-state index contributed by atoms with van der Waals surface area (Å²) in [5, 5.41) is 15.5. The van der Waals surface area contributed by atoms with Gasteiger partial charge < -0.3 is 5.73 Å². The number of nitro groups is 1. The van der Waals surface area contributed by atoms with Crippen molar-refractivity contribution in [2.24, 2.45) is 5.73 Å². The van der Waals surface area contributed by atoms with Crippen molar-refractivity contribution in [3.63, 3.8) is 0 Å². The van der Waals surface area contributed by atoms with Crippen molar-refractivity contribution < 1.29 is 4.92 Å². The van der Waals surface area contributed by atoms with Crippen molar-refractivity contribution >= 4 is 5.69 Å². The van der Waals surface area contributed by atoms with Crippen LogP contribution in [-0.2, 0) is 13.0 Å². The first-order chi connectivity index (χ1) is 9.95. The molecule has 0 saturated carbocycles. The Balaban J connectivity index is 2.37. The highest BCUT2D eigenvalue weighted by Gasteiger charge is 2.16. The molecule has 1 aromatic heterocycles. The summed E-state index contributed by atoms with van der Waals surface area (Å²) in [6, 6.07) is 5.15. The Morgan fingerprint density at radius 3 is 2.67 bits per heavy atom. The molecule has 6 heteroatoms. The average Bonchev–Trinajstić information content (AvgIpc) is 2.69. The van der Waals surface area contributed by atoms with Gasteiger partial charge in [-0.2, -0.15) is 5.10 Å². The summed E-state index contributed by atoms with van der Waals surface area (Å²) in [6.07, 6.45) is 0.797. The molecule has 0 aliphatic carbocycles. The molecule has 0 saturated heterocycles. The minimum atomic E-state index is -0.347. The van der Waals surface area contributed by atoms with Crippen LogP contribution in [0.25, 0.3) is 0 Å². The van der Waals surface area contributed by atoms with Crippen LogP contribution in [0.1, 0.15) is 28.1 Å². The smallest absolute Gasteiger partial charge is 0.272 e. The largest absolute Gasteiger partial charge is 0.330 e. The van der Waals surface area contributed by atoms with Crippen LogP contribution in [0.4, 0.5) is 5.69 Å². The van der Waals surface area contributed by atoms with Crippen molar-refractivity contribution in [1.82, 2.24) is 9.78 Å². The number of rotatable bonds is 5. The zero-order valence-electron chi connectivity index (χ0n) is 12.6. The fourth-order valence-electron chi connectivity index (χ4n) is 2.59. The monoisotopic (exact) mass is 288 g/mol. The summed E-state index contributed by atoms with van der Waals surface area (Å²) in [6.45, 7) is 6.88. The molecular formula is C15H20N4O2. The van der Waals surface area contributed by atoms with E-state index in [9.17, 15) is 10.1 Å². The van der Waals surface area contributed by atoms with Gasteiger partial charge in [-0.15, -0.1) is 0 Å². The highest BCUT2D eigenvalue weighted by molar-refractivity contribution is 5.44. The number of nitrogens with zero attached hydrogens (tertiary/aromatic N) is 3. The van der Waals surface area contributed by atoms with Crippen LogP contribution in [0, 0.1) is 30.9 Å². The first kappa shape index (κ1) is 15.2. The zero-order chi connectivity index (χ0) is 15.6. The molecule has 0 amide bonds. The summed E-state index contributed by atoms with van der Waals surface area (Å²) in [4.78, 5) is 10.7. The molecule has 0 bridgehead atoms. The molecule has 0 unspecified atom stereocenters. The molecule has 0 aliphatic rings. The lowest BCUT2D eigenvalue weighted by Crippen LogP contribution is -2.08. The Hall–Kier alpha value is -2.21. The minimum Gasteiger partial charge on any atom is -0.330 e. The fraction of sp³-hybridized carbons (Fsp3) is 0.400. The minimum absolute atomic E-state index is 0.149. The predicted octanol–water partition coefficient (Wildman–Crippen LogP) is 2.27. The van der Waals surface area contributed by atoms with Crippen LogP contribution in [0.2, 0.25) is 0 Å². The summed E-state index contributed by atoms with van der Waals surface area (Å²) in [5.41, 5.74) is 10.6. The highest BCUT2D eigenvalue weighted by atomic mass is 16.6. The van der Waals surface area contributed by atoms with Gasteiger partial charge in [0.2, 0.25) is 0 Å². The van der Waals surface area contributed by atoms with Crippen LogP contribution in [0.15, 0.2) is 18.2 Å². The first-order valence-corrected chi connectivity index (χ1v) is 6.91.